The number of phenolic OH excluding ortho intramolecular Hbond substituents is 2. The summed E-state index contributed by atoms with van der Waals surface area (Å²) in [5.74, 6) is -5.75. The number of hydrogen-bond acceptors (Lipinski definition) is 16. The van der Waals surface area contributed by atoms with Gasteiger partial charge in [0.2, 0.25) is 23.9 Å². The normalized spacial score (nSPS) is 19.1. The number of rotatable bonds is 20. The van der Waals surface area contributed by atoms with E-state index < -0.39 is 109 Å². The molecule has 2 aliphatic rings. The minimum Gasteiger partial charge on any atom is -0.508 e. The molecule has 13 N–H and O–H groups in total. The summed E-state index contributed by atoms with van der Waals surface area (Å²) in [5.41, 5.74) is 19.1. The number of nitrogens with zero attached hydrogens (tertiary/aromatic N) is 3. The number of carboxylic acids is 1. The number of aliphatic hydroxyl groups is 1. The number of urea groups is 2. The van der Waals surface area contributed by atoms with Crippen LogP contribution >= 0.6 is 11.8 Å². The lowest BCUT2D eigenvalue weighted by atomic mass is 9.95. The first-order chi connectivity index (χ1) is 29.8. The molecule has 2 aromatic rings. The number of benzene rings is 2. The number of carbonyl (C=O) groups is 8. The molecule has 4 rings (SSSR count). The molecule has 0 spiro atoms. The van der Waals surface area contributed by atoms with E-state index in [2.05, 4.69) is 16.0 Å². The lowest BCUT2D eigenvalue weighted by Crippen LogP contribution is -2.62. The van der Waals surface area contributed by atoms with Gasteiger partial charge in [-0.15, -0.1) is 0 Å². The standard InChI is InChI=1S/C40H53N9O13S/c1-47(35(56)27(44-33(55)19-41)15-21-5-3-7-23(50)13-21)29(18-30(52)26(42)10-12-63-2)34(43)36(57)49(39(60)45-28(38(58)59)16-22-6-4-8-24(51)14-22)20-25-17-31(53)37(62-25)48-11-9-32(54)46-40(48)61/h3-8,13-14,20,26-29,31,34,37,50-51,53H,9-12,15-19,41-43H2,1-2H3,(H,44,55)(H,45,60)(H,58,59)(H,46,54,61)/b25-20+/t26-,27-,28?,29?,31?,34?,37?/m0/s1. The highest BCUT2D eigenvalue weighted by molar-refractivity contribution is 7.98. The van der Waals surface area contributed by atoms with E-state index in [-0.39, 0.29) is 55.0 Å². The van der Waals surface area contributed by atoms with Crippen molar-refractivity contribution < 1.29 is 63.5 Å². The lowest BCUT2D eigenvalue weighted by molar-refractivity contribution is -0.141. The summed E-state index contributed by atoms with van der Waals surface area (Å²) >= 11 is 1.42. The summed E-state index contributed by atoms with van der Waals surface area (Å²) in [6, 6.07) is 1.39. The number of hydrogen-bond donors (Lipinski definition) is 10. The quantitative estimate of drug-likeness (QED) is 0.0716. The van der Waals surface area contributed by atoms with E-state index in [1.54, 1.807) is 12.3 Å². The Bertz CT molecular complexity index is 2070. The second-order valence-corrected chi connectivity index (χ2v) is 15.9. The predicted molar refractivity (Wildman–Crippen MR) is 225 cm³/mol. The number of nitrogens with one attached hydrogen (secondary N) is 3. The van der Waals surface area contributed by atoms with Gasteiger partial charge in [0.15, 0.2) is 5.78 Å². The molecule has 22 nitrogen and oxygen atoms in total. The maximum atomic E-state index is 14.7. The van der Waals surface area contributed by atoms with Gasteiger partial charge in [-0.2, -0.15) is 11.8 Å². The van der Waals surface area contributed by atoms with Crippen molar-refractivity contribution in [1.82, 2.24) is 30.7 Å². The summed E-state index contributed by atoms with van der Waals surface area (Å²) in [6.07, 6.45) is -1.74. The molecule has 2 heterocycles. The molecule has 2 saturated heterocycles. The van der Waals surface area contributed by atoms with E-state index in [1.807, 2.05) is 0 Å². The van der Waals surface area contributed by atoms with Gasteiger partial charge >= 0.3 is 18.0 Å². The van der Waals surface area contributed by atoms with Crippen LogP contribution in [0.1, 0.15) is 36.8 Å². The Labute approximate surface area is 366 Å². The predicted octanol–water partition coefficient (Wildman–Crippen LogP) is -1.60. The number of aromatic hydroxyl groups is 2. The zero-order valence-corrected chi connectivity index (χ0v) is 35.4. The highest BCUT2D eigenvalue weighted by Crippen LogP contribution is 2.29. The number of amides is 8. The van der Waals surface area contributed by atoms with Crippen LogP contribution in [0.5, 0.6) is 11.5 Å². The van der Waals surface area contributed by atoms with Crippen molar-refractivity contribution in [3.63, 3.8) is 0 Å². The van der Waals surface area contributed by atoms with Crippen LogP contribution in [0.4, 0.5) is 9.59 Å². The monoisotopic (exact) mass is 899 g/mol. The second kappa shape index (κ2) is 22.7. The molecule has 0 aromatic heterocycles. The Morgan fingerprint density at radius 2 is 1.60 bits per heavy atom. The summed E-state index contributed by atoms with van der Waals surface area (Å²) in [4.78, 5) is 109. The summed E-state index contributed by atoms with van der Waals surface area (Å²) in [6.45, 7) is -0.659. The first-order valence-corrected chi connectivity index (χ1v) is 21.1. The number of thioether (sulfide) groups is 1. The third-order valence-corrected chi connectivity index (χ3v) is 10.9. The zero-order chi connectivity index (χ0) is 46.5. The molecule has 0 saturated carbocycles. The van der Waals surface area contributed by atoms with Crippen LogP contribution in [-0.2, 0) is 46.3 Å². The highest BCUT2D eigenvalue weighted by Gasteiger charge is 2.43. The van der Waals surface area contributed by atoms with E-state index in [9.17, 15) is 58.8 Å². The third kappa shape index (κ3) is 13.6. The van der Waals surface area contributed by atoms with Crippen LogP contribution < -0.4 is 33.2 Å². The van der Waals surface area contributed by atoms with Gasteiger partial charge in [0.1, 0.15) is 41.5 Å². The highest BCUT2D eigenvalue weighted by atomic mass is 32.2. The number of imide groups is 2. The molecule has 23 heteroatoms. The number of phenols is 2. The number of ether oxygens (including phenoxy) is 1. The van der Waals surface area contributed by atoms with Crippen molar-refractivity contribution in [3.8, 4) is 11.5 Å². The lowest BCUT2D eigenvalue weighted by Gasteiger charge is -2.36. The number of nitrogens with two attached hydrogens (primary N) is 3. The van der Waals surface area contributed by atoms with Gasteiger partial charge in [0, 0.05) is 45.7 Å². The van der Waals surface area contributed by atoms with Gasteiger partial charge in [-0.3, -0.25) is 34.2 Å². The SMILES string of the molecule is CSCC[C@H](N)C(=O)CC(C(N)C(=O)N(/C=C1\CC(O)C(N2CCC(=O)NC2=O)O1)C(=O)NC(Cc1cccc(O)c1)C(=O)O)N(C)C(=O)[C@H](Cc1cccc(O)c1)NC(=O)CN. The molecule has 0 aliphatic carbocycles. The number of aliphatic carboxylic acids is 1. The molecular formula is C40H53N9O13S. The fourth-order valence-corrected chi connectivity index (χ4v) is 7.33. The Kier molecular flexibility index (Phi) is 17.8. The maximum Gasteiger partial charge on any atom is 0.329 e. The van der Waals surface area contributed by atoms with E-state index >= 15 is 0 Å². The second-order valence-electron chi connectivity index (χ2n) is 14.9. The topological polar surface area (TPSA) is 351 Å². The fourth-order valence-electron chi connectivity index (χ4n) is 6.84. The van der Waals surface area contributed by atoms with Crippen LogP contribution in [-0.4, -0.2) is 157 Å². The van der Waals surface area contributed by atoms with Gasteiger partial charge in [-0.25, -0.2) is 19.3 Å². The average molecular weight is 900 g/mol. The van der Waals surface area contributed by atoms with Crippen molar-refractivity contribution in [2.45, 2.75) is 81.1 Å². The molecule has 0 bridgehead atoms. The number of aliphatic hydroxyl groups excluding tert-OH is 1. The van der Waals surface area contributed by atoms with E-state index in [4.69, 9.17) is 21.9 Å². The van der Waals surface area contributed by atoms with Crippen LogP contribution in [0.25, 0.3) is 0 Å². The van der Waals surface area contributed by atoms with Crippen LogP contribution in [0.3, 0.4) is 0 Å². The molecule has 2 aliphatic heterocycles. The van der Waals surface area contributed by atoms with Crippen molar-refractivity contribution in [2.24, 2.45) is 17.2 Å². The summed E-state index contributed by atoms with van der Waals surface area (Å²) in [7, 11) is 1.21. The zero-order valence-electron chi connectivity index (χ0n) is 34.5. The van der Waals surface area contributed by atoms with E-state index in [0.717, 1.165) is 16.0 Å². The van der Waals surface area contributed by atoms with Gasteiger partial charge in [-0.1, -0.05) is 24.3 Å². The van der Waals surface area contributed by atoms with Crippen LogP contribution in [0.2, 0.25) is 0 Å². The molecule has 7 atom stereocenters. The molecule has 63 heavy (non-hydrogen) atoms. The first-order valence-electron chi connectivity index (χ1n) is 19.7. The minimum atomic E-state index is -1.97. The summed E-state index contributed by atoms with van der Waals surface area (Å²) in [5, 5.41) is 48.0. The molecular weight excluding hydrogens is 847 g/mol. The molecule has 0 radical (unpaired) electrons. The Morgan fingerprint density at radius 3 is 2.16 bits per heavy atom. The van der Waals surface area contributed by atoms with Gasteiger partial charge in [0.25, 0.3) is 5.91 Å². The maximum absolute atomic E-state index is 14.7. The minimum absolute atomic E-state index is 0.118. The van der Waals surface area contributed by atoms with Crippen LogP contribution in [0, 0.1) is 0 Å². The first kappa shape index (κ1) is 49.4. The largest absolute Gasteiger partial charge is 0.508 e. The Morgan fingerprint density at radius 1 is 0.984 bits per heavy atom. The van der Waals surface area contributed by atoms with Gasteiger partial charge in [0.05, 0.1) is 24.8 Å². The number of Topliss-reactive ketones (excluding diaryl/α,β-unsaturated/α-hetero) is 1. The molecule has 2 fully saturated rings. The number of likely N-dealkylation sites (N-methyl/N-ethyl adjacent to an activating group) is 1. The third-order valence-electron chi connectivity index (χ3n) is 10.3. The van der Waals surface area contributed by atoms with Gasteiger partial charge < -0.3 is 57.9 Å². The van der Waals surface area contributed by atoms with E-state index in [1.165, 1.54) is 61.3 Å². The molecule has 8 amide bonds. The molecule has 5 unspecified atom stereocenters. The molecule has 342 valence electrons. The smallest absolute Gasteiger partial charge is 0.329 e. The van der Waals surface area contributed by atoms with Gasteiger partial charge in [-0.05, 0) is 53.8 Å². The van der Waals surface area contributed by atoms with Crippen molar-refractivity contribution in [3.05, 3.63) is 71.6 Å². The Hall–Kier alpha value is -6.27. The van der Waals surface area contributed by atoms with E-state index in [0.29, 0.717) is 16.2 Å². The molecule has 2 aromatic carbocycles. The van der Waals surface area contributed by atoms with Crippen molar-refractivity contribution >= 4 is 59.2 Å². The number of carboxylic acid groups (broad SMARTS) is 1. The van der Waals surface area contributed by atoms with Crippen molar-refractivity contribution in [2.75, 3.05) is 32.1 Å². The average Bonchev–Trinajstić information content (AvgIpc) is 3.60. The fraction of sp³-hybridized carbons (Fsp3) is 0.450. The number of carbonyl (C=O) groups excluding carboxylic acids is 7. The number of ketones is 1. The van der Waals surface area contributed by atoms with Crippen LogP contribution in [0.15, 0.2) is 60.5 Å². The van der Waals surface area contributed by atoms with Crippen molar-refractivity contribution in [1.29, 1.82) is 0 Å². The summed E-state index contributed by atoms with van der Waals surface area (Å²) < 4.78 is 5.82. The Balaban J connectivity index is 1.76.